The molecule has 1 aliphatic heterocycles. The Morgan fingerprint density at radius 3 is 3.00 bits per heavy atom. The third kappa shape index (κ3) is 2.70. The van der Waals surface area contributed by atoms with E-state index < -0.39 is 0 Å². The van der Waals surface area contributed by atoms with E-state index in [4.69, 9.17) is 5.73 Å². The molecule has 3 nitrogen and oxygen atoms in total. The van der Waals surface area contributed by atoms with Crippen LogP contribution in [0.4, 0.5) is 11.4 Å². The summed E-state index contributed by atoms with van der Waals surface area (Å²) in [5.41, 5.74) is 9.89. The Morgan fingerprint density at radius 1 is 1.40 bits per heavy atom. The van der Waals surface area contributed by atoms with Crippen LogP contribution in [-0.4, -0.2) is 22.0 Å². The standard InChI is InChI=1S/C16H21N3S/c1-11-8-15(18-10-16(2)6-3-7-20-16)13-9-12(17)4-5-14(13)19-11/h4-5,8-9H,3,6-7,10,17H2,1-2H3,(H,18,19). The van der Waals surface area contributed by atoms with Crippen LogP contribution >= 0.6 is 11.8 Å². The zero-order valence-corrected chi connectivity index (χ0v) is 12.9. The Hall–Kier alpha value is -1.42. The maximum atomic E-state index is 5.92. The number of nitrogens with zero attached hydrogens (tertiary/aromatic N) is 1. The molecule has 3 N–H and O–H groups in total. The van der Waals surface area contributed by atoms with Gasteiger partial charge in [-0.3, -0.25) is 4.98 Å². The van der Waals surface area contributed by atoms with Gasteiger partial charge in [-0.25, -0.2) is 0 Å². The van der Waals surface area contributed by atoms with Gasteiger partial charge in [0.1, 0.15) is 0 Å². The summed E-state index contributed by atoms with van der Waals surface area (Å²) in [6.07, 6.45) is 2.61. The van der Waals surface area contributed by atoms with E-state index in [9.17, 15) is 0 Å². The fraction of sp³-hybridized carbons (Fsp3) is 0.438. The van der Waals surface area contributed by atoms with Crippen LogP contribution in [-0.2, 0) is 0 Å². The minimum absolute atomic E-state index is 0.351. The van der Waals surface area contributed by atoms with Gasteiger partial charge in [0.25, 0.3) is 0 Å². The van der Waals surface area contributed by atoms with Crippen molar-refractivity contribution in [3.05, 3.63) is 30.0 Å². The van der Waals surface area contributed by atoms with Crippen LogP contribution < -0.4 is 11.1 Å². The quantitative estimate of drug-likeness (QED) is 0.843. The molecule has 2 heterocycles. The van der Waals surface area contributed by atoms with E-state index in [2.05, 4.69) is 35.1 Å². The molecule has 106 valence electrons. The average molecular weight is 287 g/mol. The van der Waals surface area contributed by atoms with Gasteiger partial charge in [-0.15, -0.1) is 0 Å². The molecule has 1 aromatic carbocycles. The number of nitrogens with one attached hydrogen (secondary N) is 1. The number of nitrogens with two attached hydrogens (primary N) is 1. The number of nitrogen functional groups attached to an aromatic ring is 1. The molecule has 1 unspecified atom stereocenters. The molecule has 1 atom stereocenters. The summed E-state index contributed by atoms with van der Waals surface area (Å²) in [7, 11) is 0. The summed E-state index contributed by atoms with van der Waals surface area (Å²) in [5, 5.41) is 4.73. The van der Waals surface area contributed by atoms with E-state index in [1.165, 1.54) is 18.6 Å². The topological polar surface area (TPSA) is 50.9 Å². The fourth-order valence-corrected chi connectivity index (χ4v) is 4.02. The smallest absolute Gasteiger partial charge is 0.0727 e. The van der Waals surface area contributed by atoms with Crippen molar-refractivity contribution in [3.8, 4) is 0 Å². The minimum atomic E-state index is 0.351. The number of hydrogen-bond donors (Lipinski definition) is 2. The lowest BCUT2D eigenvalue weighted by molar-refractivity contribution is 0.635. The normalized spacial score (nSPS) is 22.3. The molecule has 20 heavy (non-hydrogen) atoms. The number of benzene rings is 1. The highest BCUT2D eigenvalue weighted by Gasteiger charge is 2.29. The lowest BCUT2D eigenvalue weighted by Gasteiger charge is -2.24. The second kappa shape index (κ2) is 5.17. The van der Waals surface area contributed by atoms with Gasteiger partial charge < -0.3 is 11.1 Å². The molecule has 1 aromatic heterocycles. The summed E-state index contributed by atoms with van der Waals surface area (Å²) >= 11 is 2.07. The number of pyridine rings is 1. The van der Waals surface area contributed by atoms with Crippen LogP contribution in [0.25, 0.3) is 10.9 Å². The molecular weight excluding hydrogens is 266 g/mol. The van der Waals surface area contributed by atoms with Crippen LogP contribution in [0.5, 0.6) is 0 Å². The molecule has 0 spiro atoms. The molecule has 2 aromatic rings. The average Bonchev–Trinajstić information content (AvgIpc) is 2.84. The van der Waals surface area contributed by atoms with Crippen molar-refractivity contribution in [3.63, 3.8) is 0 Å². The number of aryl methyl sites for hydroxylation is 1. The van der Waals surface area contributed by atoms with Gasteiger partial charge in [0.15, 0.2) is 0 Å². The first kappa shape index (κ1) is 13.6. The summed E-state index contributed by atoms with van der Waals surface area (Å²) < 4.78 is 0.351. The molecule has 1 aliphatic rings. The van der Waals surface area contributed by atoms with Crippen molar-refractivity contribution in [2.24, 2.45) is 0 Å². The number of thioether (sulfide) groups is 1. The number of fused-ring (bicyclic) bond motifs is 1. The Balaban J connectivity index is 1.91. The van der Waals surface area contributed by atoms with Crippen molar-refractivity contribution < 1.29 is 0 Å². The molecule has 0 aliphatic carbocycles. The molecule has 1 fully saturated rings. The van der Waals surface area contributed by atoms with Crippen LogP contribution in [0.2, 0.25) is 0 Å². The molecule has 4 heteroatoms. The predicted molar refractivity (Wildman–Crippen MR) is 89.5 cm³/mol. The molecule has 0 radical (unpaired) electrons. The summed E-state index contributed by atoms with van der Waals surface area (Å²) in [6, 6.07) is 8.03. The SMILES string of the molecule is Cc1cc(NCC2(C)CCCS2)c2cc(N)ccc2n1. The fourth-order valence-electron chi connectivity index (χ4n) is 2.78. The van der Waals surface area contributed by atoms with Crippen LogP contribution in [0.1, 0.15) is 25.5 Å². The lowest BCUT2D eigenvalue weighted by Crippen LogP contribution is -2.27. The highest BCUT2D eigenvalue weighted by Crippen LogP contribution is 2.38. The van der Waals surface area contributed by atoms with Gasteiger partial charge in [0.05, 0.1) is 5.52 Å². The molecule has 0 saturated carbocycles. The highest BCUT2D eigenvalue weighted by atomic mass is 32.2. The largest absolute Gasteiger partial charge is 0.399 e. The first-order valence-electron chi connectivity index (χ1n) is 7.10. The van der Waals surface area contributed by atoms with E-state index >= 15 is 0 Å². The third-order valence-corrected chi connectivity index (χ3v) is 5.45. The van der Waals surface area contributed by atoms with Crippen molar-refractivity contribution in [2.75, 3.05) is 23.3 Å². The van der Waals surface area contributed by atoms with E-state index in [1.54, 1.807) is 0 Å². The van der Waals surface area contributed by atoms with Gasteiger partial charge in [-0.2, -0.15) is 11.8 Å². The van der Waals surface area contributed by atoms with Gasteiger partial charge >= 0.3 is 0 Å². The van der Waals surface area contributed by atoms with Crippen molar-refractivity contribution >= 4 is 34.0 Å². The maximum absolute atomic E-state index is 5.92. The Labute approximate surface area is 124 Å². The number of aromatic nitrogens is 1. The third-order valence-electron chi connectivity index (χ3n) is 3.91. The second-order valence-corrected chi connectivity index (χ2v) is 7.53. The minimum Gasteiger partial charge on any atom is -0.399 e. The number of rotatable bonds is 3. The van der Waals surface area contributed by atoms with Crippen molar-refractivity contribution in [1.29, 1.82) is 0 Å². The first-order chi connectivity index (χ1) is 9.56. The predicted octanol–water partition coefficient (Wildman–Crippen LogP) is 3.82. The zero-order chi connectivity index (χ0) is 14.2. The van der Waals surface area contributed by atoms with Crippen molar-refractivity contribution in [2.45, 2.75) is 31.4 Å². The van der Waals surface area contributed by atoms with Crippen LogP contribution in [0.15, 0.2) is 24.3 Å². The Morgan fingerprint density at radius 2 is 2.25 bits per heavy atom. The van der Waals surface area contributed by atoms with Crippen LogP contribution in [0.3, 0.4) is 0 Å². The Bertz CT molecular complexity index is 633. The van der Waals surface area contributed by atoms with Crippen molar-refractivity contribution in [1.82, 2.24) is 4.98 Å². The molecule has 1 saturated heterocycles. The Kier molecular flexibility index (Phi) is 3.50. The highest BCUT2D eigenvalue weighted by molar-refractivity contribution is 8.00. The monoisotopic (exact) mass is 287 g/mol. The molecule has 0 amide bonds. The summed E-state index contributed by atoms with van der Waals surface area (Å²) in [6.45, 7) is 5.38. The maximum Gasteiger partial charge on any atom is 0.0727 e. The molecule has 3 rings (SSSR count). The van der Waals surface area contributed by atoms with E-state index in [0.717, 1.165) is 34.5 Å². The number of hydrogen-bond acceptors (Lipinski definition) is 4. The number of anilines is 2. The van der Waals surface area contributed by atoms with E-state index in [1.807, 2.05) is 25.1 Å². The van der Waals surface area contributed by atoms with Gasteiger partial charge in [0, 0.05) is 33.7 Å². The van der Waals surface area contributed by atoms with Gasteiger partial charge in [-0.1, -0.05) is 0 Å². The van der Waals surface area contributed by atoms with Crippen LogP contribution in [0, 0.1) is 6.92 Å². The van der Waals surface area contributed by atoms with E-state index in [0.29, 0.717) is 4.75 Å². The second-order valence-electron chi connectivity index (χ2n) is 5.84. The van der Waals surface area contributed by atoms with E-state index in [-0.39, 0.29) is 0 Å². The molecular formula is C16H21N3S. The summed E-state index contributed by atoms with van der Waals surface area (Å²) in [5.74, 6) is 1.28. The summed E-state index contributed by atoms with van der Waals surface area (Å²) in [4.78, 5) is 4.57. The van der Waals surface area contributed by atoms with Gasteiger partial charge in [-0.05, 0) is 56.7 Å². The molecule has 0 bridgehead atoms. The first-order valence-corrected chi connectivity index (χ1v) is 8.09. The van der Waals surface area contributed by atoms with Gasteiger partial charge in [0.2, 0.25) is 0 Å². The lowest BCUT2D eigenvalue weighted by atomic mass is 10.1. The zero-order valence-electron chi connectivity index (χ0n) is 12.1.